The maximum atomic E-state index is 11.9. The van der Waals surface area contributed by atoms with E-state index in [9.17, 15) is 14.7 Å². The summed E-state index contributed by atoms with van der Waals surface area (Å²) in [5.74, 6) is -1.19. The van der Waals surface area contributed by atoms with Crippen LogP contribution in [-0.4, -0.2) is 34.2 Å². The van der Waals surface area contributed by atoms with Gasteiger partial charge in [0.05, 0.1) is 17.2 Å². The van der Waals surface area contributed by atoms with Gasteiger partial charge < -0.3 is 19.9 Å². The van der Waals surface area contributed by atoms with E-state index < -0.39 is 24.0 Å². The third kappa shape index (κ3) is 3.06. The molecule has 0 radical (unpaired) electrons. The Morgan fingerprint density at radius 1 is 1.45 bits per heavy atom. The Morgan fingerprint density at radius 3 is 2.75 bits per heavy atom. The SMILES string of the molecule is CC(O)[C@H](NC(=O)c1cc(-c2ccco2)cs1)C(=O)O. The van der Waals surface area contributed by atoms with Gasteiger partial charge in [0.15, 0.2) is 6.04 Å². The summed E-state index contributed by atoms with van der Waals surface area (Å²) >= 11 is 1.17. The van der Waals surface area contributed by atoms with Crippen LogP contribution >= 0.6 is 11.3 Å². The summed E-state index contributed by atoms with van der Waals surface area (Å²) in [7, 11) is 0. The van der Waals surface area contributed by atoms with Crippen LogP contribution in [0.3, 0.4) is 0 Å². The summed E-state index contributed by atoms with van der Waals surface area (Å²) in [6.45, 7) is 1.31. The van der Waals surface area contributed by atoms with Crippen LogP contribution in [0.25, 0.3) is 11.3 Å². The van der Waals surface area contributed by atoms with Crippen LogP contribution in [0.5, 0.6) is 0 Å². The number of aliphatic hydroxyl groups excluding tert-OH is 1. The second kappa shape index (κ2) is 5.89. The van der Waals surface area contributed by atoms with Crippen LogP contribution in [0.15, 0.2) is 34.3 Å². The Labute approximate surface area is 118 Å². The third-order valence-electron chi connectivity index (χ3n) is 2.66. The fraction of sp³-hybridized carbons (Fsp3) is 0.231. The highest BCUT2D eigenvalue weighted by molar-refractivity contribution is 7.12. The fourth-order valence-electron chi connectivity index (χ4n) is 1.63. The van der Waals surface area contributed by atoms with E-state index in [0.717, 1.165) is 5.56 Å². The quantitative estimate of drug-likeness (QED) is 0.777. The molecule has 0 aliphatic carbocycles. The lowest BCUT2D eigenvalue weighted by molar-refractivity contribution is -0.141. The van der Waals surface area contributed by atoms with Gasteiger partial charge in [-0.3, -0.25) is 4.79 Å². The van der Waals surface area contributed by atoms with Gasteiger partial charge in [0.2, 0.25) is 0 Å². The minimum absolute atomic E-state index is 0.350. The molecule has 1 amide bonds. The number of carbonyl (C=O) groups excluding carboxylic acids is 1. The van der Waals surface area contributed by atoms with Gasteiger partial charge in [-0.2, -0.15) is 0 Å². The van der Waals surface area contributed by atoms with E-state index in [2.05, 4.69) is 5.32 Å². The lowest BCUT2D eigenvalue weighted by Crippen LogP contribution is -2.47. The molecule has 2 heterocycles. The summed E-state index contributed by atoms with van der Waals surface area (Å²) in [6, 6.07) is 3.77. The largest absolute Gasteiger partial charge is 0.480 e. The Bertz CT molecular complexity index is 602. The van der Waals surface area contributed by atoms with E-state index >= 15 is 0 Å². The number of hydrogen-bond acceptors (Lipinski definition) is 5. The van der Waals surface area contributed by atoms with Crippen molar-refractivity contribution in [3.05, 3.63) is 34.7 Å². The number of hydrogen-bond donors (Lipinski definition) is 3. The molecular weight excluding hydrogens is 282 g/mol. The third-order valence-corrected chi connectivity index (χ3v) is 3.59. The molecule has 2 aromatic heterocycles. The Hall–Kier alpha value is -2.12. The first-order valence-corrected chi connectivity index (χ1v) is 6.71. The number of furan rings is 1. The molecule has 20 heavy (non-hydrogen) atoms. The lowest BCUT2D eigenvalue weighted by atomic mass is 10.2. The highest BCUT2D eigenvalue weighted by Crippen LogP contribution is 2.25. The van der Waals surface area contributed by atoms with Crippen molar-refractivity contribution >= 4 is 23.2 Å². The number of amides is 1. The number of rotatable bonds is 5. The molecule has 0 fully saturated rings. The molecular formula is C13H13NO5S. The number of nitrogens with one attached hydrogen (secondary N) is 1. The molecule has 106 valence electrons. The van der Waals surface area contributed by atoms with Crippen molar-refractivity contribution in [3.8, 4) is 11.3 Å². The number of carboxylic acids is 1. The van der Waals surface area contributed by atoms with Gasteiger partial charge in [0, 0.05) is 10.9 Å². The minimum atomic E-state index is -1.34. The molecule has 0 aliphatic rings. The van der Waals surface area contributed by atoms with Gasteiger partial charge in [-0.1, -0.05) is 0 Å². The highest BCUT2D eigenvalue weighted by Gasteiger charge is 2.26. The van der Waals surface area contributed by atoms with Crippen LogP contribution in [0.1, 0.15) is 16.6 Å². The van der Waals surface area contributed by atoms with Crippen LogP contribution < -0.4 is 5.32 Å². The number of aliphatic hydroxyl groups is 1. The average Bonchev–Trinajstić information content (AvgIpc) is 3.04. The summed E-state index contributed by atoms with van der Waals surface area (Å²) in [6.07, 6.45) is 0.349. The molecule has 3 N–H and O–H groups in total. The first-order chi connectivity index (χ1) is 9.49. The van der Waals surface area contributed by atoms with E-state index in [1.54, 1.807) is 23.6 Å². The van der Waals surface area contributed by atoms with Crippen molar-refractivity contribution in [1.29, 1.82) is 0 Å². The summed E-state index contributed by atoms with van der Waals surface area (Å²) < 4.78 is 5.21. The zero-order valence-corrected chi connectivity index (χ0v) is 11.4. The number of aliphatic carboxylic acids is 1. The number of carboxylic acid groups (broad SMARTS) is 1. The van der Waals surface area contributed by atoms with Crippen molar-refractivity contribution in [2.75, 3.05) is 0 Å². The van der Waals surface area contributed by atoms with Crippen LogP contribution in [0.4, 0.5) is 0 Å². The zero-order valence-electron chi connectivity index (χ0n) is 10.6. The standard InChI is InChI=1S/C13H13NO5S/c1-7(15)11(13(17)18)14-12(16)10-5-8(6-20-10)9-3-2-4-19-9/h2-7,11,15H,1H3,(H,14,16)(H,17,18)/t7?,11-/m0/s1. The van der Waals surface area contributed by atoms with E-state index in [0.29, 0.717) is 10.6 Å². The normalized spacial score (nSPS) is 13.7. The van der Waals surface area contributed by atoms with Gasteiger partial charge in [0.1, 0.15) is 5.76 Å². The molecule has 0 aliphatic heterocycles. The molecule has 7 heteroatoms. The molecule has 1 unspecified atom stereocenters. The summed E-state index contributed by atoms with van der Waals surface area (Å²) in [5.41, 5.74) is 0.745. The van der Waals surface area contributed by atoms with Crippen molar-refractivity contribution in [2.45, 2.75) is 19.1 Å². The summed E-state index contributed by atoms with van der Waals surface area (Å²) in [4.78, 5) is 23.2. The van der Waals surface area contributed by atoms with E-state index in [4.69, 9.17) is 9.52 Å². The van der Waals surface area contributed by atoms with E-state index in [1.165, 1.54) is 24.5 Å². The molecule has 0 saturated heterocycles. The number of carbonyl (C=O) groups is 2. The molecule has 0 spiro atoms. The van der Waals surface area contributed by atoms with Crippen LogP contribution in [0, 0.1) is 0 Å². The molecule has 0 saturated carbocycles. The van der Waals surface area contributed by atoms with E-state index in [-0.39, 0.29) is 0 Å². The van der Waals surface area contributed by atoms with Crippen molar-refractivity contribution < 1.29 is 24.2 Å². The first kappa shape index (κ1) is 14.3. The van der Waals surface area contributed by atoms with E-state index in [1.807, 2.05) is 0 Å². The average molecular weight is 295 g/mol. The molecule has 2 aromatic rings. The van der Waals surface area contributed by atoms with Crippen LogP contribution in [0.2, 0.25) is 0 Å². The topological polar surface area (TPSA) is 99.8 Å². The van der Waals surface area contributed by atoms with Gasteiger partial charge in [-0.15, -0.1) is 11.3 Å². The second-order valence-corrected chi connectivity index (χ2v) is 5.12. The molecule has 2 rings (SSSR count). The van der Waals surface area contributed by atoms with Gasteiger partial charge >= 0.3 is 5.97 Å². The van der Waals surface area contributed by atoms with Gasteiger partial charge in [-0.05, 0) is 25.1 Å². The monoisotopic (exact) mass is 295 g/mol. The smallest absolute Gasteiger partial charge is 0.328 e. The zero-order chi connectivity index (χ0) is 14.7. The van der Waals surface area contributed by atoms with Gasteiger partial charge in [-0.25, -0.2) is 4.79 Å². The molecule has 2 atom stereocenters. The second-order valence-electron chi connectivity index (χ2n) is 4.21. The van der Waals surface area contributed by atoms with Crippen molar-refractivity contribution in [2.24, 2.45) is 0 Å². The summed E-state index contributed by atoms with van der Waals surface area (Å²) in [5, 5.41) is 22.3. The maximum Gasteiger partial charge on any atom is 0.328 e. The van der Waals surface area contributed by atoms with Crippen molar-refractivity contribution in [1.82, 2.24) is 5.32 Å². The van der Waals surface area contributed by atoms with Crippen LogP contribution in [-0.2, 0) is 4.79 Å². The molecule has 6 nitrogen and oxygen atoms in total. The predicted octanol–water partition coefficient (Wildman–Crippen LogP) is 1.57. The van der Waals surface area contributed by atoms with Gasteiger partial charge in [0.25, 0.3) is 5.91 Å². The predicted molar refractivity (Wildman–Crippen MR) is 72.6 cm³/mol. The maximum absolute atomic E-state index is 11.9. The molecule has 0 aromatic carbocycles. The molecule has 0 bridgehead atoms. The fourth-order valence-corrected chi connectivity index (χ4v) is 2.43. The Morgan fingerprint density at radius 2 is 2.20 bits per heavy atom. The number of thiophene rings is 1. The lowest BCUT2D eigenvalue weighted by Gasteiger charge is -2.16. The Kier molecular flexibility index (Phi) is 4.21. The minimum Gasteiger partial charge on any atom is -0.480 e. The Balaban J connectivity index is 2.12. The highest BCUT2D eigenvalue weighted by atomic mass is 32.1. The van der Waals surface area contributed by atoms with Crippen molar-refractivity contribution in [3.63, 3.8) is 0 Å². The first-order valence-electron chi connectivity index (χ1n) is 5.83.